The number of halogens is 1. The fourth-order valence-electron chi connectivity index (χ4n) is 1.85. The number of thioether (sulfide) groups is 1. The van der Waals surface area contributed by atoms with Gasteiger partial charge in [-0.1, -0.05) is 48.8 Å². The van der Waals surface area contributed by atoms with Gasteiger partial charge < -0.3 is 5.32 Å². The minimum atomic E-state index is -0.0649. The predicted octanol–water partition coefficient (Wildman–Crippen LogP) is 4.42. The molecule has 0 unspecified atom stereocenters. The van der Waals surface area contributed by atoms with Crippen LogP contribution in [-0.4, -0.2) is 16.6 Å². The normalized spacial score (nSPS) is 10.4. The largest absolute Gasteiger partial charge is 0.325 e. The summed E-state index contributed by atoms with van der Waals surface area (Å²) in [5, 5.41) is 4.11. The summed E-state index contributed by atoms with van der Waals surface area (Å²) in [5.74, 6) is 0.220. The molecule has 3 nitrogen and oxygen atoms in total. The van der Waals surface area contributed by atoms with Crippen LogP contribution in [0.5, 0.6) is 0 Å². The molecule has 0 aliphatic heterocycles. The van der Waals surface area contributed by atoms with Crippen molar-refractivity contribution < 1.29 is 4.79 Å². The molecule has 0 saturated heterocycles. The number of amides is 1. The van der Waals surface area contributed by atoms with Crippen LogP contribution >= 0.6 is 23.4 Å². The third-order valence-electron chi connectivity index (χ3n) is 2.84. The molecule has 1 heterocycles. The molecule has 1 aromatic carbocycles. The summed E-state index contributed by atoms with van der Waals surface area (Å²) in [6.07, 6.45) is 3.84. The molecule has 1 amide bonds. The van der Waals surface area contributed by atoms with Crippen LogP contribution in [0, 0.1) is 0 Å². The van der Waals surface area contributed by atoms with Crippen LogP contribution in [0.15, 0.2) is 47.6 Å². The zero-order valence-electron chi connectivity index (χ0n) is 11.8. The van der Waals surface area contributed by atoms with E-state index in [1.807, 2.05) is 24.3 Å². The molecule has 0 saturated carbocycles. The molecule has 110 valence electrons. The Morgan fingerprint density at radius 1 is 1.29 bits per heavy atom. The lowest BCUT2D eigenvalue weighted by Gasteiger charge is -2.06. The molecule has 0 aliphatic carbocycles. The zero-order valence-corrected chi connectivity index (χ0v) is 13.4. The minimum absolute atomic E-state index is 0.0649. The third kappa shape index (κ3) is 5.06. The van der Waals surface area contributed by atoms with Crippen molar-refractivity contribution in [3.8, 4) is 0 Å². The Morgan fingerprint density at radius 2 is 2.05 bits per heavy atom. The smallest absolute Gasteiger partial charge is 0.234 e. The molecule has 0 aliphatic rings. The summed E-state index contributed by atoms with van der Waals surface area (Å²) in [6.45, 7) is 2.15. The molecular formula is C16H17ClN2OS. The Morgan fingerprint density at radius 3 is 2.71 bits per heavy atom. The van der Waals surface area contributed by atoms with E-state index >= 15 is 0 Å². The van der Waals surface area contributed by atoms with E-state index in [2.05, 4.69) is 17.2 Å². The van der Waals surface area contributed by atoms with Gasteiger partial charge in [-0.15, -0.1) is 0 Å². The molecule has 21 heavy (non-hydrogen) atoms. The van der Waals surface area contributed by atoms with Crippen LogP contribution in [-0.2, 0) is 11.2 Å². The number of aromatic nitrogens is 1. The van der Waals surface area contributed by atoms with Gasteiger partial charge in [0.1, 0.15) is 5.03 Å². The molecule has 2 aromatic rings. The van der Waals surface area contributed by atoms with E-state index in [-0.39, 0.29) is 11.7 Å². The SMILES string of the molecule is CCCc1ccc(NC(=O)CSc2ncccc2Cl)cc1. The van der Waals surface area contributed by atoms with Gasteiger partial charge in [0, 0.05) is 11.9 Å². The highest BCUT2D eigenvalue weighted by atomic mass is 35.5. The van der Waals surface area contributed by atoms with Gasteiger partial charge in [0.25, 0.3) is 0 Å². The van der Waals surface area contributed by atoms with Crippen molar-refractivity contribution in [1.82, 2.24) is 4.98 Å². The van der Waals surface area contributed by atoms with Crippen LogP contribution in [0.4, 0.5) is 5.69 Å². The second-order valence-corrected chi connectivity index (χ2v) is 5.95. The van der Waals surface area contributed by atoms with Gasteiger partial charge >= 0.3 is 0 Å². The van der Waals surface area contributed by atoms with Crippen LogP contribution in [0.3, 0.4) is 0 Å². The maximum Gasteiger partial charge on any atom is 0.234 e. The third-order valence-corrected chi connectivity index (χ3v) is 4.26. The van der Waals surface area contributed by atoms with Gasteiger partial charge in [-0.05, 0) is 36.2 Å². The summed E-state index contributed by atoms with van der Waals surface area (Å²) < 4.78 is 0. The van der Waals surface area contributed by atoms with Crippen molar-refractivity contribution in [1.29, 1.82) is 0 Å². The summed E-state index contributed by atoms with van der Waals surface area (Å²) >= 11 is 7.33. The number of pyridine rings is 1. The summed E-state index contributed by atoms with van der Waals surface area (Å²) in [6, 6.07) is 11.5. The molecule has 0 radical (unpaired) electrons. The lowest BCUT2D eigenvalue weighted by atomic mass is 10.1. The molecular weight excluding hydrogens is 304 g/mol. The maximum absolute atomic E-state index is 11.9. The number of benzene rings is 1. The monoisotopic (exact) mass is 320 g/mol. The van der Waals surface area contributed by atoms with Crippen molar-refractivity contribution in [2.45, 2.75) is 24.8 Å². The standard InChI is InChI=1S/C16H17ClN2OS/c1-2-4-12-6-8-13(9-7-12)19-15(20)11-21-16-14(17)5-3-10-18-16/h3,5-10H,2,4,11H2,1H3,(H,19,20). The number of carbonyl (C=O) groups excluding carboxylic acids is 1. The van der Waals surface area contributed by atoms with Crippen molar-refractivity contribution in [2.75, 3.05) is 11.1 Å². The predicted molar refractivity (Wildman–Crippen MR) is 89.0 cm³/mol. The Kier molecular flexibility index (Phi) is 6.08. The van der Waals surface area contributed by atoms with E-state index in [4.69, 9.17) is 11.6 Å². The summed E-state index contributed by atoms with van der Waals surface area (Å²) in [7, 11) is 0. The molecule has 0 bridgehead atoms. The van der Waals surface area contributed by atoms with E-state index in [1.165, 1.54) is 17.3 Å². The van der Waals surface area contributed by atoms with E-state index in [9.17, 15) is 4.79 Å². The Bertz CT molecular complexity index is 601. The molecule has 1 N–H and O–H groups in total. The second kappa shape index (κ2) is 8.05. The number of carbonyl (C=O) groups is 1. The molecule has 0 fully saturated rings. The number of aryl methyl sites for hydroxylation is 1. The van der Waals surface area contributed by atoms with Gasteiger partial charge in [-0.3, -0.25) is 4.79 Å². The van der Waals surface area contributed by atoms with Crippen LogP contribution in [0.1, 0.15) is 18.9 Å². The Labute approximate surface area is 134 Å². The number of rotatable bonds is 6. The number of anilines is 1. The first kappa shape index (κ1) is 15.9. The highest BCUT2D eigenvalue weighted by Crippen LogP contribution is 2.24. The van der Waals surface area contributed by atoms with Gasteiger partial charge in [0.15, 0.2) is 0 Å². The topological polar surface area (TPSA) is 42.0 Å². The molecule has 0 spiro atoms. The zero-order chi connectivity index (χ0) is 15.1. The first-order valence-corrected chi connectivity index (χ1v) is 8.17. The Balaban J connectivity index is 1.85. The first-order valence-electron chi connectivity index (χ1n) is 6.81. The van der Waals surface area contributed by atoms with Crippen molar-refractivity contribution >= 4 is 35.0 Å². The van der Waals surface area contributed by atoms with E-state index in [0.717, 1.165) is 18.5 Å². The van der Waals surface area contributed by atoms with Crippen LogP contribution < -0.4 is 5.32 Å². The summed E-state index contributed by atoms with van der Waals surface area (Å²) in [5.41, 5.74) is 2.10. The van der Waals surface area contributed by atoms with Crippen LogP contribution in [0.25, 0.3) is 0 Å². The molecule has 2 rings (SSSR count). The van der Waals surface area contributed by atoms with E-state index < -0.39 is 0 Å². The quantitative estimate of drug-likeness (QED) is 0.801. The van der Waals surface area contributed by atoms with Gasteiger partial charge in [0.05, 0.1) is 10.8 Å². The van der Waals surface area contributed by atoms with Crippen molar-refractivity contribution in [3.05, 3.63) is 53.2 Å². The lowest BCUT2D eigenvalue weighted by Crippen LogP contribution is -2.14. The number of hydrogen-bond acceptors (Lipinski definition) is 3. The van der Waals surface area contributed by atoms with Gasteiger partial charge in [-0.2, -0.15) is 0 Å². The van der Waals surface area contributed by atoms with Gasteiger partial charge in [-0.25, -0.2) is 4.98 Å². The van der Waals surface area contributed by atoms with Crippen molar-refractivity contribution in [3.63, 3.8) is 0 Å². The molecule has 5 heteroatoms. The highest BCUT2D eigenvalue weighted by molar-refractivity contribution is 8.00. The number of hydrogen-bond donors (Lipinski definition) is 1. The lowest BCUT2D eigenvalue weighted by molar-refractivity contribution is -0.113. The average molecular weight is 321 g/mol. The fourth-order valence-corrected chi connectivity index (χ4v) is 2.82. The van der Waals surface area contributed by atoms with E-state index in [0.29, 0.717) is 10.0 Å². The first-order chi connectivity index (χ1) is 10.2. The Hall–Kier alpha value is -1.52. The minimum Gasteiger partial charge on any atom is -0.325 e. The fraction of sp³-hybridized carbons (Fsp3) is 0.250. The summed E-state index contributed by atoms with van der Waals surface area (Å²) in [4.78, 5) is 16.0. The highest BCUT2D eigenvalue weighted by Gasteiger charge is 2.07. The second-order valence-electron chi connectivity index (χ2n) is 4.57. The number of nitrogens with one attached hydrogen (secondary N) is 1. The van der Waals surface area contributed by atoms with Crippen LogP contribution in [0.2, 0.25) is 5.02 Å². The van der Waals surface area contributed by atoms with Gasteiger partial charge in [0.2, 0.25) is 5.91 Å². The maximum atomic E-state index is 11.9. The average Bonchev–Trinajstić information content (AvgIpc) is 2.49. The van der Waals surface area contributed by atoms with E-state index in [1.54, 1.807) is 18.3 Å². The molecule has 1 aromatic heterocycles. The number of nitrogens with zero attached hydrogens (tertiary/aromatic N) is 1. The van der Waals surface area contributed by atoms with Crippen molar-refractivity contribution in [2.24, 2.45) is 0 Å². The molecule has 0 atom stereocenters.